The average molecular weight is 433 g/mol. The summed E-state index contributed by atoms with van der Waals surface area (Å²) in [5, 5.41) is 10.4. The number of benzene rings is 2. The number of amides is 3. The fourth-order valence-electron chi connectivity index (χ4n) is 2.32. The number of nitrogens with one attached hydrogen (secondary N) is 3. The number of urea groups is 1. The maximum absolute atomic E-state index is 12.5. The number of aromatic nitrogens is 1. The summed E-state index contributed by atoms with van der Waals surface area (Å²) in [6, 6.07) is 11.2. The van der Waals surface area contributed by atoms with Gasteiger partial charge in [0, 0.05) is 22.2 Å². The minimum atomic E-state index is -0.481. The van der Waals surface area contributed by atoms with Crippen molar-refractivity contribution in [1.82, 2.24) is 4.98 Å². The van der Waals surface area contributed by atoms with Crippen molar-refractivity contribution in [2.45, 2.75) is 0 Å². The van der Waals surface area contributed by atoms with E-state index in [1.165, 1.54) is 7.11 Å². The Balaban J connectivity index is 1.62. The molecule has 0 fully saturated rings. The number of nitrogens with zero attached hydrogens (tertiary/aromatic N) is 1. The summed E-state index contributed by atoms with van der Waals surface area (Å²) in [4.78, 5) is 28.7. The summed E-state index contributed by atoms with van der Waals surface area (Å²) < 4.78 is 10.4. The van der Waals surface area contributed by atoms with Crippen LogP contribution in [0, 0.1) is 0 Å². The van der Waals surface area contributed by atoms with Crippen molar-refractivity contribution in [2.24, 2.45) is 0 Å². The Morgan fingerprint density at radius 2 is 1.76 bits per heavy atom. The topological polar surface area (TPSA) is 102 Å². The molecular formula is C19H17ClN4O4S. The van der Waals surface area contributed by atoms with Gasteiger partial charge < -0.3 is 20.1 Å². The van der Waals surface area contributed by atoms with Gasteiger partial charge >= 0.3 is 6.03 Å². The SMILES string of the molecule is COc1ccc(NC(=O)c2csc(NC(=O)Nc3ccc(Cl)cc3)n2)c(OC)c1. The number of hydrogen-bond acceptors (Lipinski definition) is 6. The first-order valence-electron chi connectivity index (χ1n) is 8.31. The number of hydrogen-bond donors (Lipinski definition) is 3. The third kappa shape index (κ3) is 5.37. The number of anilines is 3. The largest absolute Gasteiger partial charge is 0.497 e. The van der Waals surface area contributed by atoms with Crippen LogP contribution < -0.4 is 25.4 Å². The highest BCUT2D eigenvalue weighted by Gasteiger charge is 2.15. The van der Waals surface area contributed by atoms with E-state index in [0.29, 0.717) is 27.9 Å². The van der Waals surface area contributed by atoms with E-state index in [2.05, 4.69) is 20.9 Å². The van der Waals surface area contributed by atoms with Gasteiger partial charge in [-0.1, -0.05) is 11.6 Å². The number of thiazole rings is 1. The summed E-state index contributed by atoms with van der Waals surface area (Å²) in [6.45, 7) is 0. The second kappa shape index (κ2) is 9.26. The van der Waals surface area contributed by atoms with E-state index >= 15 is 0 Å². The Morgan fingerprint density at radius 3 is 2.45 bits per heavy atom. The molecule has 8 nitrogen and oxygen atoms in total. The minimum Gasteiger partial charge on any atom is -0.497 e. The molecule has 2 aromatic carbocycles. The zero-order valence-electron chi connectivity index (χ0n) is 15.5. The molecule has 0 saturated carbocycles. The lowest BCUT2D eigenvalue weighted by atomic mass is 10.2. The quantitative estimate of drug-likeness (QED) is 0.523. The van der Waals surface area contributed by atoms with Gasteiger partial charge in [0.25, 0.3) is 5.91 Å². The third-order valence-electron chi connectivity index (χ3n) is 3.72. The molecule has 3 rings (SSSR count). The molecule has 0 aliphatic rings. The molecular weight excluding hydrogens is 416 g/mol. The number of ether oxygens (including phenoxy) is 2. The normalized spacial score (nSPS) is 10.2. The van der Waals surface area contributed by atoms with Crippen molar-refractivity contribution in [3.8, 4) is 11.5 Å². The van der Waals surface area contributed by atoms with Gasteiger partial charge in [0.1, 0.15) is 17.2 Å². The van der Waals surface area contributed by atoms with Crippen LogP contribution in [-0.4, -0.2) is 31.1 Å². The molecule has 1 heterocycles. The molecule has 0 aliphatic heterocycles. The zero-order chi connectivity index (χ0) is 20.8. The maximum atomic E-state index is 12.5. The van der Waals surface area contributed by atoms with E-state index in [0.717, 1.165) is 11.3 Å². The van der Waals surface area contributed by atoms with Crippen LogP contribution in [0.25, 0.3) is 0 Å². The van der Waals surface area contributed by atoms with Crippen molar-refractivity contribution in [2.75, 3.05) is 30.2 Å². The molecule has 10 heteroatoms. The first kappa shape index (κ1) is 20.4. The van der Waals surface area contributed by atoms with Crippen molar-refractivity contribution in [1.29, 1.82) is 0 Å². The molecule has 150 valence electrons. The molecule has 3 N–H and O–H groups in total. The fourth-order valence-corrected chi connectivity index (χ4v) is 3.13. The molecule has 0 saturated heterocycles. The van der Waals surface area contributed by atoms with Crippen molar-refractivity contribution in [3.63, 3.8) is 0 Å². The van der Waals surface area contributed by atoms with E-state index < -0.39 is 11.9 Å². The van der Waals surface area contributed by atoms with Gasteiger partial charge in [-0.3, -0.25) is 10.1 Å². The van der Waals surface area contributed by atoms with Gasteiger partial charge in [-0.25, -0.2) is 9.78 Å². The molecule has 0 radical (unpaired) electrons. The Labute approximate surface area is 175 Å². The number of rotatable bonds is 6. The zero-order valence-corrected chi connectivity index (χ0v) is 17.1. The molecule has 0 atom stereocenters. The smallest absolute Gasteiger partial charge is 0.325 e. The van der Waals surface area contributed by atoms with Crippen LogP contribution in [0.5, 0.6) is 11.5 Å². The molecule has 0 spiro atoms. The predicted octanol–water partition coefficient (Wildman–Crippen LogP) is 4.71. The van der Waals surface area contributed by atoms with Crippen LogP contribution in [0.4, 0.5) is 21.3 Å². The lowest BCUT2D eigenvalue weighted by Gasteiger charge is -2.10. The Bertz CT molecular complexity index is 1020. The van der Waals surface area contributed by atoms with Gasteiger partial charge in [-0.15, -0.1) is 11.3 Å². The van der Waals surface area contributed by atoms with Crippen molar-refractivity contribution in [3.05, 3.63) is 58.6 Å². The van der Waals surface area contributed by atoms with Crippen LogP contribution in [0.3, 0.4) is 0 Å². The van der Waals surface area contributed by atoms with Crippen molar-refractivity contribution < 1.29 is 19.1 Å². The number of halogens is 1. The van der Waals surface area contributed by atoms with E-state index in [4.69, 9.17) is 21.1 Å². The first-order valence-corrected chi connectivity index (χ1v) is 9.56. The fraction of sp³-hybridized carbons (Fsp3) is 0.105. The van der Waals surface area contributed by atoms with Crippen LogP contribution in [0.1, 0.15) is 10.5 Å². The van der Waals surface area contributed by atoms with Gasteiger partial charge in [0.2, 0.25) is 0 Å². The highest BCUT2D eigenvalue weighted by Crippen LogP contribution is 2.29. The van der Waals surface area contributed by atoms with Crippen LogP contribution in [0.15, 0.2) is 47.8 Å². The van der Waals surface area contributed by atoms with Gasteiger partial charge in [0.05, 0.1) is 19.9 Å². The Hall–Kier alpha value is -3.30. The number of carbonyl (C=O) groups is 2. The number of methoxy groups -OCH3 is 2. The lowest BCUT2D eigenvalue weighted by Crippen LogP contribution is -2.19. The summed E-state index contributed by atoms with van der Waals surface area (Å²) in [7, 11) is 3.04. The van der Waals surface area contributed by atoms with Crippen molar-refractivity contribution >= 4 is 51.4 Å². The van der Waals surface area contributed by atoms with E-state index in [-0.39, 0.29) is 10.8 Å². The third-order valence-corrected chi connectivity index (χ3v) is 4.73. The summed E-state index contributed by atoms with van der Waals surface area (Å²) in [6.07, 6.45) is 0. The first-order chi connectivity index (χ1) is 14.0. The van der Waals surface area contributed by atoms with Gasteiger partial charge in [-0.2, -0.15) is 0 Å². The molecule has 0 aliphatic carbocycles. The summed E-state index contributed by atoms with van der Waals surface area (Å²) in [5.74, 6) is 0.621. The van der Waals surface area contributed by atoms with Crippen LogP contribution >= 0.6 is 22.9 Å². The average Bonchev–Trinajstić information content (AvgIpc) is 3.18. The molecule has 1 aromatic heterocycles. The molecule has 0 unspecified atom stereocenters. The Kier molecular flexibility index (Phi) is 6.53. The van der Waals surface area contributed by atoms with E-state index in [1.54, 1.807) is 55.0 Å². The second-order valence-corrected chi connectivity index (χ2v) is 6.94. The van der Waals surface area contributed by atoms with Gasteiger partial charge in [0.15, 0.2) is 5.13 Å². The van der Waals surface area contributed by atoms with E-state index in [9.17, 15) is 9.59 Å². The van der Waals surface area contributed by atoms with Crippen LogP contribution in [0.2, 0.25) is 5.02 Å². The van der Waals surface area contributed by atoms with E-state index in [1.807, 2.05) is 0 Å². The second-order valence-electron chi connectivity index (χ2n) is 5.64. The maximum Gasteiger partial charge on any atom is 0.325 e. The highest BCUT2D eigenvalue weighted by atomic mass is 35.5. The summed E-state index contributed by atoms with van der Waals surface area (Å²) >= 11 is 6.94. The molecule has 29 heavy (non-hydrogen) atoms. The van der Waals surface area contributed by atoms with Crippen LogP contribution in [-0.2, 0) is 0 Å². The monoisotopic (exact) mass is 432 g/mol. The standard InChI is InChI=1S/C19H17ClN4O4S/c1-27-13-7-8-14(16(9-13)28-2)22-17(25)15-10-29-19(23-15)24-18(26)21-12-5-3-11(20)4-6-12/h3-10H,1-2H3,(H,22,25)(H2,21,23,24,26). The number of carbonyl (C=O) groups excluding carboxylic acids is 2. The highest BCUT2D eigenvalue weighted by molar-refractivity contribution is 7.14. The van der Waals surface area contributed by atoms with Gasteiger partial charge in [-0.05, 0) is 36.4 Å². The molecule has 3 aromatic rings. The predicted molar refractivity (Wildman–Crippen MR) is 114 cm³/mol. The molecule has 3 amide bonds. The molecule has 0 bridgehead atoms. The Morgan fingerprint density at radius 1 is 1.00 bits per heavy atom. The summed E-state index contributed by atoms with van der Waals surface area (Å²) in [5.41, 5.74) is 1.21. The minimum absolute atomic E-state index is 0.162. The lowest BCUT2D eigenvalue weighted by molar-refractivity contribution is 0.102.